The average molecular weight is 491 g/mol. The van der Waals surface area contributed by atoms with E-state index in [1.54, 1.807) is 7.05 Å². The summed E-state index contributed by atoms with van der Waals surface area (Å²) in [5, 5.41) is 17.8. The fourth-order valence-electron chi connectivity index (χ4n) is 3.05. The van der Waals surface area contributed by atoms with Gasteiger partial charge < -0.3 is 20.5 Å². The maximum absolute atomic E-state index is 12.0. The summed E-state index contributed by atoms with van der Waals surface area (Å²) in [4.78, 5) is 16.7. The minimum Gasteiger partial charge on any atom is -0.359 e. The van der Waals surface area contributed by atoms with Crippen molar-refractivity contribution in [3.05, 3.63) is 11.6 Å². The van der Waals surface area contributed by atoms with Crippen LogP contribution in [0.2, 0.25) is 0 Å². The summed E-state index contributed by atoms with van der Waals surface area (Å²) in [6.07, 6.45) is 6.11. The van der Waals surface area contributed by atoms with Crippen molar-refractivity contribution in [3.8, 4) is 0 Å². The van der Waals surface area contributed by atoms with Gasteiger partial charge in [-0.2, -0.15) is 0 Å². The van der Waals surface area contributed by atoms with Gasteiger partial charge in [0, 0.05) is 26.7 Å². The third kappa shape index (κ3) is 6.93. The van der Waals surface area contributed by atoms with Crippen molar-refractivity contribution in [2.45, 2.75) is 65.5 Å². The van der Waals surface area contributed by atoms with Gasteiger partial charge in [-0.3, -0.25) is 4.79 Å². The molecule has 0 bridgehead atoms. The van der Waals surface area contributed by atoms with Gasteiger partial charge in [-0.15, -0.1) is 34.2 Å². The van der Waals surface area contributed by atoms with Crippen LogP contribution in [0.1, 0.15) is 57.6 Å². The molecule has 0 aliphatic heterocycles. The van der Waals surface area contributed by atoms with Gasteiger partial charge >= 0.3 is 0 Å². The third-order valence-corrected chi connectivity index (χ3v) is 5.05. The SMILES string of the molecule is CNC(=O)C(C)(C)CNC(=NCc1nnc(C)n1C)NC1CCCCC1.I. The number of carbonyl (C=O) groups excluding carboxylic acids is 1. The number of nitrogens with one attached hydrogen (secondary N) is 3. The number of halogens is 1. The second-order valence-corrected chi connectivity index (χ2v) is 7.68. The van der Waals surface area contributed by atoms with Crippen molar-refractivity contribution in [1.82, 2.24) is 30.7 Å². The quantitative estimate of drug-likeness (QED) is 0.321. The van der Waals surface area contributed by atoms with Crippen molar-refractivity contribution in [1.29, 1.82) is 0 Å². The largest absolute Gasteiger partial charge is 0.359 e. The lowest BCUT2D eigenvalue weighted by Crippen LogP contribution is -2.49. The van der Waals surface area contributed by atoms with Crippen molar-refractivity contribution >= 4 is 35.8 Å². The Morgan fingerprint density at radius 2 is 1.93 bits per heavy atom. The number of rotatable bonds is 6. The number of guanidine groups is 1. The molecule has 0 unspecified atom stereocenters. The van der Waals surface area contributed by atoms with Gasteiger partial charge in [-0.1, -0.05) is 19.3 Å². The van der Waals surface area contributed by atoms with Crippen LogP contribution in [0.3, 0.4) is 0 Å². The van der Waals surface area contributed by atoms with Gasteiger partial charge in [0.25, 0.3) is 0 Å². The van der Waals surface area contributed by atoms with E-state index in [2.05, 4.69) is 31.1 Å². The van der Waals surface area contributed by atoms with Crippen LogP contribution in [-0.2, 0) is 18.4 Å². The van der Waals surface area contributed by atoms with Crippen LogP contribution >= 0.6 is 24.0 Å². The van der Waals surface area contributed by atoms with Crippen LogP contribution in [0.15, 0.2) is 4.99 Å². The summed E-state index contributed by atoms with van der Waals surface area (Å²) >= 11 is 0. The fourth-order valence-corrected chi connectivity index (χ4v) is 3.05. The number of aromatic nitrogens is 3. The van der Waals surface area contributed by atoms with Crippen molar-refractivity contribution < 1.29 is 4.79 Å². The van der Waals surface area contributed by atoms with Crippen LogP contribution in [0, 0.1) is 12.3 Å². The molecule has 8 nitrogen and oxygen atoms in total. The summed E-state index contributed by atoms with van der Waals surface area (Å²) in [7, 11) is 3.60. The standard InChI is InChI=1S/C18H33N7O.HI/c1-13-23-24-15(25(13)5)11-20-17(22-14-9-7-6-8-10-14)21-12-18(2,3)16(26)19-4;/h14H,6-12H2,1-5H3,(H,19,26)(H2,20,21,22);1H. The second kappa shape index (κ2) is 10.8. The molecule has 0 spiro atoms. The van der Waals surface area contributed by atoms with Gasteiger partial charge in [0.05, 0.1) is 5.41 Å². The highest BCUT2D eigenvalue weighted by molar-refractivity contribution is 14.0. The summed E-state index contributed by atoms with van der Waals surface area (Å²) < 4.78 is 1.94. The van der Waals surface area contributed by atoms with Gasteiger partial charge in [0.15, 0.2) is 11.8 Å². The Morgan fingerprint density at radius 3 is 2.48 bits per heavy atom. The zero-order chi connectivity index (χ0) is 19.2. The van der Waals surface area contributed by atoms with Crippen molar-refractivity contribution in [2.75, 3.05) is 13.6 Å². The van der Waals surface area contributed by atoms with E-state index in [-0.39, 0.29) is 29.9 Å². The lowest BCUT2D eigenvalue weighted by molar-refractivity contribution is -0.128. The first kappa shape index (κ1) is 23.6. The zero-order valence-corrected chi connectivity index (χ0v) is 19.5. The number of nitrogens with zero attached hydrogens (tertiary/aromatic N) is 4. The Kier molecular flexibility index (Phi) is 9.48. The summed E-state index contributed by atoms with van der Waals surface area (Å²) in [6, 6.07) is 0.430. The topological polar surface area (TPSA) is 96.2 Å². The van der Waals surface area contributed by atoms with Gasteiger partial charge in [-0.25, -0.2) is 4.99 Å². The number of hydrogen-bond donors (Lipinski definition) is 3. The number of amides is 1. The Balaban J connectivity index is 0.00000364. The minimum absolute atomic E-state index is 0. The number of carbonyl (C=O) groups is 1. The monoisotopic (exact) mass is 491 g/mol. The second-order valence-electron chi connectivity index (χ2n) is 7.68. The van der Waals surface area contributed by atoms with Crippen LogP contribution in [-0.4, -0.2) is 46.3 Å². The van der Waals surface area contributed by atoms with E-state index in [1.807, 2.05) is 32.4 Å². The van der Waals surface area contributed by atoms with E-state index >= 15 is 0 Å². The zero-order valence-electron chi connectivity index (χ0n) is 17.1. The number of hydrogen-bond acceptors (Lipinski definition) is 4. The smallest absolute Gasteiger partial charge is 0.227 e. The van der Waals surface area contributed by atoms with E-state index in [4.69, 9.17) is 0 Å². The molecule has 3 N–H and O–H groups in total. The molecule has 1 fully saturated rings. The van der Waals surface area contributed by atoms with E-state index in [0.29, 0.717) is 19.1 Å². The highest BCUT2D eigenvalue weighted by Gasteiger charge is 2.27. The first-order chi connectivity index (χ1) is 12.3. The van der Waals surface area contributed by atoms with Gasteiger partial charge in [0.2, 0.25) is 5.91 Å². The Morgan fingerprint density at radius 1 is 1.26 bits per heavy atom. The molecule has 0 radical (unpaired) electrons. The average Bonchev–Trinajstić information content (AvgIpc) is 2.96. The van der Waals surface area contributed by atoms with Crippen molar-refractivity contribution in [2.24, 2.45) is 17.5 Å². The molecule has 27 heavy (non-hydrogen) atoms. The number of aliphatic imine (C=N–C) groups is 1. The van der Waals surface area contributed by atoms with Crippen LogP contribution < -0.4 is 16.0 Å². The van der Waals surface area contributed by atoms with Gasteiger partial charge in [-0.05, 0) is 33.6 Å². The highest BCUT2D eigenvalue weighted by atomic mass is 127. The molecule has 1 aromatic rings. The minimum atomic E-state index is -0.523. The molecule has 1 aromatic heterocycles. The molecule has 1 aliphatic carbocycles. The number of aryl methyl sites for hydroxylation is 1. The van der Waals surface area contributed by atoms with Gasteiger partial charge in [0.1, 0.15) is 12.4 Å². The molecular weight excluding hydrogens is 457 g/mol. The Hall–Kier alpha value is -1.39. The maximum atomic E-state index is 12.0. The Labute approximate surface area is 179 Å². The van der Waals surface area contributed by atoms with Crippen LogP contribution in [0.25, 0.3) is 0 Å². The van der Waals surface area contributed by atoms with Crippen molar-refractivity contribution in [3.63, 3.8) is 0 Å². The molecule has 1 saturated carbocycles. The van der Waals surface area contributed by atoms with Crippen LogP contribution in [0.4, 0.5) is 0 Å². The molecule has 2 rings (SSSR count). The fraction of sp³-hybridized carbons (Fsp3) is 0.778. The highest BCUT2D eigenvalue weighted by Crippen LogP contribution is 2.17. The molecular formula is C18H34IN7O. The summed E-state index contributed by atoms with van der Waals surface area (Å²) in [5.74, 6) is 2.42. The molecule has 9 heteroatoms. The van der Waals surface area contributed by atoms with E-state index < -0.39 is 5.41 Å². The normalized spacial score (nSPS) is 15.8. The Bertz CT molecular complexity index is 636. The molecule has 1 aliphatic rings. The first-order valence-electron chi connectivity index (χ1n) is 9.45. The maximum Gasteiger partial charge on any atom is 0.227 e. The lowest BCUT2D eigenvalue weighted by Gasteiger charge is -2.28. The first-order valence-corrected chi connectivity index (χ1v) is 9.45. The predicted molar refractivity (Wildman–Crippen MR) is 118 cm³/mol. The molecule has 0 saturated heterocycles. The lowest BCUT2D eigenvalue weighted by atomic mass is 9.92. The van der Waals surface area contributed by atoms with E-state index in [9.17, 15) is 4.79 Å². The molecule has 0 aromatic carbocycles. The molecule has 1 heterocycles. The molecule has 154 valence electrons. The molecule has 0 atom stereocenters. The summed E-state index contributed by atoms with van der Waals surface area (Å²) in [5.41, 5.74) is -0.523. The van der Waals surface area contributed by atoms with E-state index in [1.165, 1.54) is 19.3 Å². The third-order valence-electron chi connectivity index (χ3n) is 5.05. The molecule has 1 amide bonds. The summed E-state index contributed by atoms with van der Waals surface area (Å²) in [6.45, 7) is 6.71. The predicted octanol–water partition coefficient (Wildman–Crippen LogP) is 1.88. The van der Waals surface area contributed by atoms with Crippen LogP contribution in [0.5, 0.6) is 0 Å². The van der Waals surface area contributed by atoms with E-state index in [0.717, 1.165) is 30.5 Å².